The summed E-state index contributed by atoms with van der Waals surface area (Å²) in [5, 5.41) is 3.55. The largest absolute Gasteiger partial charge is 0.493 e. The molecule has 1 aromatic heterocycles. The summed E-state index contributed by atoms with van der Waals surface area (Å²) in [5.74, 6) is 1.51. The van der Waals surface area contributed by atoms with Crippen LogP contribution in [-0.2, 0) is 13.2 Å². The maximum absolute atomic E-state index is 5.89. The molecule has 0 bridgehead atoms. The molecule has 0 saturated heterocycles. The van der Waals surface area contributed by atoms with Gasteiger partial charge in [0.2, 0.25) is 0 Å². The molecule has 0 unspecified atom stereocenters. The summed E-state index contributed by atoms with van der Waals surface area (Å²) >= 11 is 0. The lowest BCUT2D eigenvalue weighted by molar-refractivity contribution is 0.232. The Bertz CT molecular complexity index is 672. The van der Waals surface area contributed by atoms with Crippen molar-refractivity contribution in [1.29, 1.82) is 0 Å². The molecule has 26 heavy (non-hydrogen) atoms. The summed E-state index contributed by atoms with van der Waals surface area (Å²) in [4.78, 5) is 6.24. The van der Waals surface area contributed by atoms with Crippen LogP contribution in [0.1, 0.15) is 25.0 Å². The number of nitrogens with one attached hydrogen (secondary N) is 1. The monoisotopic (exact) mass is 357 g/mol. The van der Waals surface area contributed by atoms with Gasteiger partial charge in [-0.2, -0.15) is 0 Å². The Balaban J connectivity index is 1.91. The fraction of sp³-hybridized carbons (Fsp3) is 0.476. The third-order valence-corrected chi connectivity index (χ3v) is 4.05. The quantitative estimate of drug-likeness (QED) is 0.707. The smallest absolute Gasteiger partial charge is 0.161 e. The number of pyridine rings is 1. The van der Waals surface area contributed by atoms with Crippen molar-refractivity contribution >= 4 is 0 Å². The molecule has 0 amide bonds. The fourth-order valence-corrected chi connectivity index (χ4v) is 3.04. The lowest BCUT2D eigenvalue weighted by Gasteiger charge is -2.28. The minimum Gasteiger partial charge on any atom is -0.493 e. The molecule has 1 N–H and O–H groups in total. The Hall–Kier alpha value is -2.11. The zero-order chi connectivity index (χ0) is 19.0. The lowest BCUT2D eigenvalue weighted by atomic mass is 9.93. The normalized spacial score (nSPS) is 11.6. The van der Waals surface area contributed by atoms with Crippen molar-refractivity contribution < 1.29 is 9.47 Å². The van der Waals surface area contributed by atoms with E-state index in [2.05, 4.69) is 49.2 Å². The number of hydrogen-bond acceptors (Lipinski definition) is 5. The molecule has 2 aromatic rings. The van der Waals surface area contributed by atoms with Crippen molar-refractivity contribution in [2.24, 2.45) is 5.41 Å². The number of aromatic nitrogens is 1. The zero-order valence-electron chi connectivity index (χ0n) is 16.6. The van der Waals surface area contributed by atoms with Crippen molar-refractivity contribution in [3.63, 3.8) is 0 Å². The molecule has 0 atom stereocenters. The fourth-order valence-electron chi connectivity index (χ4n) is 3.04. The summed E-state index contributed by atoms with van der Waals surface area (Å²) in [6, 6.07) is 9.98. The molecule has 1 heterocycles. The Morgan fingerprint density at radius 3 is 2.42 bits per heavy atom. The van der Waals surface area contributed by atoms with Crippen LogP contribution in [0.25, 0.3) is 0 Å². The predicted octanol–water partition coefficient (Wildman–Crippen LogP) is 3.35. The van der Waals surface area contributed by atoms with Gasteiger partial charge in [-0.3, -0.25) is 4.98 Å². The second kappa shape index (κ2) is 9.55. The maximum Gasteiger partial charge on any atom is 0.161 e. The number of hydrogen-bond donors (Lipinski definition) is 1. The Kier molecular flexibility index (Phi) is 7.42. The van der Waals surface area contributed by atoms with Crippen molar-refractivity contribution in [1.82, 2.24) is 15.2 Å². The molecule has 142 valence electrons. The van der Waals surface area contributed by atoms with E-state index in [-0.39, 0.29) is 5.41 Å². The number of rotatable bonds is 10. The average molecular weight is 357 g/mol. The van der Waals surface area contributed by atoms with E-state index < -0.39 is 0 Å². The summed E-state index contributed by atoms with van der Waals surface area (Å²) in [6.07, 6.45) is 3.53. The highest BCUT2D eigenvalue weighted by Crippen LogP contribution is 2.29. The highest BCUT2D eigenvalue weighted by molar-refractivity contribution is 5.43. The van der Waals surface area contributed by atoms with Crippen LogP contribution < -0.4 is 14.8 Å². The van der Waals surface area contributed by atoms with Crippen LogP contribution in [0.3, 0.4) is 0 Å². The molecule has 1 aromatic carbocycles. The predicted molar refractivity (Wildman–Crippen MR) is 106 cm³/mol. The molecule has 0 fully saturated rings. The van der Waals surface area contributed by atoms with Crippen molar-refractivity contribution in [3.05, 3.63) is 53.9 Å². The van der Waals surface area contributed by atoms with Gasteiger partial charge in [0.15, 0.2) is 11.5 Å². The van der Waals surface area contributed by atoms with Gasteiger partial charge in [0.05, 0.1) is 7.11 Å². The summed E-state index contributed by atoms with van der Waals surface area (Å²) in [6.45, 7) is 7.85. The van der Waals surface area contributed by atoms with Crippen LogP contribution in [0, 0.1) is 5.41 Å². The van der Waals surface area contributed by atoms with Crippen molar-refractivity contribution in [3.8, 4) is 11.5 Å². The van der Waals surface area contributed by atoms with Gasteiger partial charge < -0.3 is 19.7 Å². The summed E-state index contributed by atoms with van der Waals surface area (Å²) in [7, 11) is 5.89. The van der Waals surface area contributed by atoms with Gasteiger partial charge in [0.1, 0.15) is 6.61 Å². The second-order valence-electron chi connectivity index (χ2n) is 7.63. The summed E-state index contributed by atoms with van der Waals surface area (Å²) < 4.78 is 11.4. The van der Waals surface area contributed by atoms with Gasteiger partial charge in [-0.15, -0.1) is 0 Å². The first kappa shape index (κ1) is 20.2. The van der Waals surface area contributed by atoms with Crippen LogP contribution in [0.5, 0.6) is 11.5 Å². The minimum absolute atomic E-state index is 0.223. The molecule has 0 aliphatic carbocycles. The van der Waals surface area contributed by atoms with Gasteiger partial charge in [-0.25, -0.2) is 0 Å². The molecule has 0 radical (unpaired) electrons. The third kappa shape index (κ3) is 6.65. The maximum atomic E-state index is 5.89. The van der Waals surface area contributed by atoms with Gasteiger partial charge in [0.25, 0.3) is 0 Å². The second-order valence-corrected chi connectivity index (χ2v) is 7.63. The number of benzene rings is 1. The van der Waals surface area contributed by atoms with E-state index >= 15 is 0 Å². The molecule has 0 spiro atoms. The van der Waals surface area contributed by atoms with Gasteiger partial charge >= 0.3 is 0 Å². The first-order valence-electron chi connectivity index (χ1n) is 8.94. The number of methoxy groups -OCH3 is 1. The van der Waals surface area contributed by atoms with Crippen LogP contribution in [0.4, 0.5) is 0 Å². The SMILES string of the molecule is COc1cc(CNCC(C)(C)CN(C)C)ccc1OCc1ccncc1. The first-order valence-corrected chi connectivity index (χ1v) is 8.94. The molecule has 0 aliphatic rings. The molecule has 5 nitrogen and oxygen atoms in total. The van der Waals surface area contributed by atoms with E-state index in [0.717, 1.165) is 36.7 Å². The number of nitrogens with zero attached hydrogens (tertiary/aromatic N) is 2. The Morgan fingerprint density at radius 2 is 1.77 bits per heavy atom. The standard InChI is InChI=1S/C21H31N3O2/c1-21(2,16-24(3)4)15-23-13-18-6-7-19(20(12-18)25-5)26-14-17-8-10-22-11-9-17/h6-12,23H,13-16H2,1-5H3. The van der Waals surface area contributed by atoms with E-state index in [1.807, 2.05) is 24.3 Å². The Morgan fingerprint density at radius 1 is 1.04 bits per heavy atom. The molecule has 2 rings (SSSR count). The highest BCUT2D eigenvalue weighted by atomic mass is 16.5. The first-order chi connectivity index (χ1) is 12.4. The molecule has 0 saturated carbocycles. The van der Waals surface area contributed by atoms with Crippen molar-refractivity contribution in [2.45, 2.75) is 27.0 Å². The Labute approximate surface area is 157 Å². The molecule has 0 aliphatic heterocycles. The van der Waals surface area contributed by atoms with Crippen LogP contribution in [0.2, 0.25) is 0 Å². The summed E-state index contributed by atoms with van der Waals surface area (Å²) in [5.41, 5.74) is 2.48. The van der Waals surface area contributed by atoms with Crippen LogP contribution >= 0.6 is 0 Å². The van der Waals surface area contributed by atoms with Crippen molar-refractivity contribution in [2.75, 3.05) is 34.3 Å². The van der Waals surface area contributed by atoms with Gasteiger partial charge in [-0.1, -0.05) is 19.9 Å². The highest BCUT2D eigenvalue weighted by Gasteiger charge is 2.18. The topological polar surface area (TPSA) is 46.6 Å². The molecular formula is C21H31N3O2. The van der Waals surface area contributed by atoms with E-state index in [0.29, 0.717) is 6.61 Å². The van der Waals surface area contributed by atoms with Gasteiger partial charge in [0, 0.05) is 32.0 Å². The average Bonchev–Trinajstić information content (AvgIpc) is 2.60. The minimum atomic E-state index is 0.223. The van der Waals surface area contributed by atoms with E-state index in [9.17, 15) is 0 Å². The number of ether oxygens (including phenoxy) is 2. The lowest BCUT2D eigenvalue weighted by Crippen LogP contribution is -2.37. The van der Waals surface area contributed by atoms with Crippen LogP contribution in [-0.4, -0.2) is 44.2 Å². The zero-order valence-corrected chi connectivity index (χ0v) is 16.6. The molecular weight excluding hydrogens is 326 g/mol. The third-order valence-electron chi connectivity index (χ3n) is 4.05. The van der Waals surface area contributed by atoms with Gasteiger partial charge in [-0.05, 0) is 54.9 Å². The van der Waals surface area contributed by atoms with E-state index in [4.69, 9.17) is 9.47 Å². The van der Waals surface area contributed by atoms with Crippen LogP contribution in [0.15, 0.2) is 42.7 Å². The van der Waals surface area contributed by atoms with E-state index in [1.165, 1.54) is 5.56 Å². The van der Waals surface area contributed by atoms with E-state index in [1.54, 1.807) is 19.5 Å². The molecule has 5 heteroatoms.